The van der Waals surface area contributed by atoms with Crippen LogP contribution in [0.2, 0.25) is 0 Å². The van der Waals surface area contributed by atoms with Gasteiger partial charge in [-0.3, -0.25) is 14.5 Å². The van der Waals surface area contributed by atoms with Crippen molar-refractivity contribution < 1.29 is 14.7 Å². The molecule has 1 N–H and O–H groups in total. The summed E-state index contributed by atoms with van der Waals surface area (Å²) in [6.07, 6.45) is 0.127. The number of piperidine rings is 1. The van der Waals surface area contributed by atoms with Crippen LogP contribution >= 0.6 is 0 Å². The number of hydrogen-bond donors (Lipinski definition) is 1. The molecule has 3 rings (SSSR count). The first-order valence-electron chi connectivity index (χ1n) is 6.25. The molecule has 4 nitrogen and oxygen atoms in total. The zero-order chi connectivity index (χ0) is 12.7. The summed E-state index contributed by atoms with van der Waals surface area (Å²) in [7, 11) is 0. The normalized spacial score (nSPS) is 45.6. The highest BCUT2D eigenvalue weighted by atomic mass is 16.3. The number of amides is 2. The zero-order valence-corrected chi connectivity index (χ0v) is 10.7. The molecule has 1 saturated heterocycles. The number of imide groups is 1. The van der Waals surface area contributed by atoms with E-state index in [1.807, 2.05) is 27.7 Å². The van der Waals surface area contributed by atoms with Crippen LogP contribution in [-0.4, -0.2) is 34.0 Å². The van der Waals surface area contributed by atoms with Crippen molar-refractivity contribution in [1.29, 1.82) is 0 Å². The minimum absolute atomic E-state index is 0.0185. The van der Waals surface area contributed by atoms with Crippen LogP contribution in [0.15, 0.2) is 0 Å². The Kier molecular flexibility index (Phi) is 1.81. The molecular weight excluding hydrogens is 218 g/mol. The molecule has 0 spiro atoms. The van der Waals surface area contributed by atoms with Crippen molar-refractivity contribution in [3.05, 3.63) is 0 Å². The maximum absolute atomic E-state index is 12.2. The number of carbonyl (C=O) groups is 2. The standard InChI is InChI=1S/C13H19NO3/c1-12(2)6(5-7(12)15)14-10(16)8-9(11(14)17)13(8,3)4/h6-9,15H,5H2,1-4H3. The lowest BCUT2D eigenvalue weighted by atomic mass is 9.64. The van der Waals surface area contributed by atoms with E-state index in [4.69, 9.17) is 0 Å². The first kappa shape index (κ1) is 11.2. The van der Waals surface area contributed by atoms with Crippen LogP contribution < -0.4 is 0 Å². The van der Waals surface area contributed by atoms with E-state index in [0.29, 0.717) is 6.42 Å². The quantitative estimate of drug-likeness (QED) is 0.686. The molecule has 3 aliphatic rings. The fraction of sp³-hybridized carbons (Fsp3) is 0.846. The van der Waals surface area contributed by atoms with Gasteiger partial charge in [0.2, 0.25) is 11.8 Å². The Bertz CT molecular complexity index is 402. The van der Waals surface area contributed by atoms with Crippen molar-refractivity contribution in [2.45, 2.75) is 46.3 Å². The zero-order valence-electron chi connectivity index (χ0n) is 10.7. The Morgan fingerprint density at radius 1 is 1.06 bits per heavy atom. The molecule has 4 atom stereocenters. The average molecular weight is 237 g/mol. The van der Waals surface area contributed by atoms with E-state index in [1.54, 1.807) is 0 Å². The Morgan fingerprint density at radius 3 is 1.88 bits per heavy atom. The van der Waals surface area contributed by atoms with E-state index in [0.717, 1.165) is 0 Å². The van der Waals surface area contributed by atoms with Crippen LogP contribution in [-0.2, 0) is 9.59 Å². The highest BCUT2D eigenvalue weighted by Crippen LogP contribution is 2.64. The van der Waals surface area contributed by atoms with Crippen LogP contribution in [0.1, 0.15) is 34.1 Å². The second-order valence-corrected chi connectivity index (χ2v) is 6.91. The van der Waals surface area contributed by atoms with Crippen molar-refractivity contribution in [2.75, 3.05) is 0 Å². The third-order valence-electron chi connectivity index (χ3n) is 5.31. The molecule has 0 aromatic carbocycles. The summed E-state index contributed by atoms with van der Waals surface area (Å²) in [5.41, 5.74) is -0.497. The number of carbonyl (C=O) groups excluding carboxylic acids is 2. The van der Waals surface area contributed by atoms with Gasteiger partial charge in [0, 0.05) is 11.5 Å². The molecule has 0 bridgehead atoms. The van der Waals surface area contributed by atoms with Crippen molar-refractivity contribution in [1.82, 2.24) is 4.90 Å². The van der Waals surface area contributed by atoms with Gasteiger partial charge >= 0.3 is 0 Å². The molecule has 3 fully saturated rings. The molecule has 0 aromatic heterocycles. The first-order chi connectivity index (χ1) is 7.70. The number of aliphatic hydroxyl groups is 1. The molecule has 0 radical (unpaired) electrons. The van der Waals surface area contributed by atoms with E-state index < -0.39 is 6.10 Å². The van der Waals surface area contributed by atoms with Gasteiger partial charge < -0.3 is 5.11 Å². The van der Waals surface area contributed by atoms with Gasteiger partial charge in [-0.2, -0.15) is 0 Å². The molecular formula is C13H19NO3. The largest absolute Gasteiger partial charge is 0.392 e. The SMILES string of the molecule is CC1(C)C2C(=O)N(C3CC(O)C3(C)C)C(=O)C21. The van der Waals surface area contributed by atoms with Crippen molar-refractivity contribution in [2.24, 2.45) is 22.7 Å². The number of fused-ring (bicyclic) bond motifs is 1. The molecule has 4 heteroatoms. The van der Waals surface area contributed by atoms with Crippen LogP contribution in [0.5, 0.6) is 0 Å². The predicted octanol–water partition coefficient (Wildman–Crippen LogP) is 0.787. The van der Waals surface area contributed by atoms with Crippen molar-refractivity contribution in [3.8, 4) is 0 Å². The van der Waals surface area contributed by atoms with Crippen molar-refractivity contribution >= 4 is 11.8 Å². The monoisotopic (exact) mass is 237 g/mol. The topological polar surface area (TPSA) is 57.6 Å². The summed E-state index contributed by atoms with van der Waals surface area (Å²) >= 11 is 0. The average Bonchev–Trinajstić information content (AvgIpc) is 2.68. The lowest BCUT2D eigenvalue weighted by Crippen LogP contribution is -2.63. The van der Waals surface area contributed by atoms with Gasteiger partial charge in [0.25, 0.3) is 0 Å². The Balaban J connectivity index is 1.85. The van der Waals surface area contributed by atoms with E-state index in [2.05, 4.69) is 0 Å². The number of rotatable bonds is 1. The third kappa shape index (κ3) is 1.07. The molecule has 0 aromatic rings. The minimum atomic E-state index is -0.405. The summed E-state index contributed by atoms with van der Waals surface area (Å²) in [5.74, 6) is -0.253. The van der Waals surface area contributed by atoms with E-state index in [1.165, 1.54) is 4.90 Å². The highest BCUT2D eigenvalue weighted by molar-refractivity contribution is 6.10. The fourth-order valence-electron chi connectivity index (χ4n) is 3.59. The summed E-state index contributed by atoms with van der Waals surface area (Å²) in [6.45, 7) is 7.80. The van der Waals surface area contributed by atoms with Gasteiger partial charge in [-0.15, -0.1) is 0 Å². The molecule has 4 unspecified atom stereocenters. The molecule has 2 saturated carbocycles. The molecule has 1 heterocycles. The van der Waals surface area contributed by atoms with E-state index in [-0.39, 0.29) is 40.5 Å². The number of nitrogens with zero attached hydrogens (tertiary/aromatic N) is 1. The van der Waals surface area contributed by atoms with Crippen LogP contribution in [0.4, 0.5) is 0 Å². The molecule has 2 aliphatic carbocycles. The Morgan fingerprint density at radius 2 is 1.53 bits per heavy atom. The molecule has 94 valence electrons. The van der Waals surface area contributed by atoms with Gasteiger partial charge in [0.1, 0.15) is 0 Å². The third-order valence-corrected chi connectivity index (χ3v) is 5.31. The second-order valence-electron chi connectivity index (χ2n) is 6.91. The summed E-state index contributed by atoms with van der Waals surface area (Å²) in [5, 5.41) is 9.71. The molecule has 17 heavy (non-hydrogen) atoms. The lowest BCUT2D eigenvalue weighted by molar-refractivity contribution is -0.166. The van der Waals surface area contributed by atoms with Crippen LogP contribution in [0.3, 0.4) is 0 Å². The Hall–Kier alpha value is -0.900. The van der Waals surface area contributed by atoms with Gasteiger partial charge in [-0.25, -0.2) is 0 Å². The number of hydrogen-bond acceptors (Lipinski definition) is 3. The van der Waals surface area contributed by atoms with Gasteiger partial charge in [-0.05, 0) is 11.8 Å². The summed E-state index contributed by atoms with van der Waals surface area (Å²) in [6, 6.07) is -0.110. The van der Waals surface area contributed by atoms with Gasteiger partial charge in [0.15, 0.2) is 0 Å². The maximum atomic E-state index is 12.2. The number of likely N-dealkylation sites (tertiary alicyclic amines) is 1. The lowest BCUT2D eigenvalue weighted by Gasteiger charge is -2.52. The van der Waals surface area contributed by atoms with Crippen molar-refractivity contribution in [3.63, 3.8) is 0 Å². The predicted molar refractivity (Wildman–Crippen MR) is 60.8 cm³/mol. The number of aliphatic hydroxyl groups excluding tert-OH is 1. The fourth-order valence-corrected chi connectivity index (χ4v) is 3.59. The van der Waals surface area contributed by atoms with Gasteiger partial charge in [0.05, 0.1) is 17.9 Å². The first-order valence-corrected chi connectivity index (χ1v) is 6.25. The maximum Gasteiger partial charge on any atom is 0.233 e. The minimum Gasteiger partial charge on any atom is -0.392 e. The highest BCUT2D eigenvalue weighted by Gasteiger charge is 2.74. The molecule has 2 amide bonds. The summed E-state index contributed by atoms with van der Waals surface area (Å²) in [4.78, 5) is 25.9. The second kappa shape index (κ2) is 2.74. The Labute approximate surface area is 101 Å². The smallest absolute Gasteiger partial charge is 0.233 e. The summed E-state index contributed by atoms with van der Waals surface area (Å²) < 4.78 is 0. The van der Waals surface area contributed by atoms with Crippen LogP contribution in [0.25, 0.3) is 0 Å². The van der Waals surface area contributed by atoms with E-state index >= 15 is 0 Å². The van der Waals surface area contributed by atoms with E-state index in [9.17, 15) is 14.7 Å². The van der Waals surface area contributed by atoms with Gasteiger partial charge in [-0.1, -0.05) is 27.7 Å². The van der Waals surface area contributed by atoms with Crippen LogP contribution in [0, 0.1) is 22.7 Å². The molecule has 1 aliphatic heterocycles.